The van der Waals surface area contributed by atoms with Crippen molar-refractivity contribution in [2.75, 3.05) is 0 Å². The SMILES string of the molecule is Cc1ccnc(COS(N)(=O)=O)c1. The molecule has 1 rings (SSSR count). The minimum absolute atomic E-state index is 0.124. The van der Waals surface area contributed by atoms with Crippen LogP contribution in [-0.4, -0.2) is 13.4 Å². The third kappa shape index (κ3) is 3.97. The van der Waals surface area contributed by atoms with Crippen LogP contribution in [0.1, 0.15) is 11.3 Å². The average Bonchev–Trinajstić information content (AvgIpc) is 2.00. The zero-order chi connectivity index (χ0) is 9.90. The van der Waals surface area contributed by atoms with E-state index in [-0.39, 0.29) is 6.61 Å². The maximum Gasteiger partial charge on any atom is 0.333 e. The van der Waals surface area contributed by atoms with Crippen molar-refractivity contribution >= 4 is 10.3 Å². The Kier molecular flexibility index (Phi) is 2.97. The Morgan fingerprint density at radius 1 is 1.62 bits per heavy atom. The quantitative estimate of drug-likeness (QED) is 0.754. The molecule has 0 aliphatic carbocycles. The van der Waals surface area contributed by atoms with Crippen LogP contribution in [0.4, 0.5) is 0 Å². The summed E-state index contributed by atoms with van der Waals surface area (Å²) in [5.74, 6) is 0. The van der Waals surface area contributed by atoms with Gasteiger partial charge in [0.15, 0.2) is 0 Å². The predicted octanol–water partition coefficient (Wildman–Crippen LogP) is 0.110. The molecule has 0 spiro atoms. The lowest BCUT2D eigenvalue weighted by molar-refractivity contribution is 0.304. The summed E-state index contributed by atoms with van der Waals surface area (Å²) < 4.78 is 25.2. The van der Waals surface area contributed by atoms with E-state index in [1.165, 1.54) is 0 Å². The molecule has 0 amide bonds. The van der Waals surface area contributed by atoms with Gasteiger partial charge < -0.3 is 0 Å². The topological polar surface area (TPSA) is 82.3 Å². The zero-order valence-corrected chi connectivity index (χ0v) is 7.91. The molecule has 72 valence electrons. The van der Waals surface area contributed by atoms with Gasteiger partial charge >= 0.3 is 10.3 Å². The Morgan fingerprint density at radius 2 is 2.31 bits per heavy atom. The number of aryl methyl sites for hydroxylation is 1. The van der Waals surface area contributed by atoms with Crippen molar-refractivity contribution in [3.05, 3.63) is 29.6 Å². The Bertz CT molecular complexity index is 388. The molecule has 5 nitrogen and oxygen atoms in total. The molecule has 0 radical (unpaired) electrons. The number of hydrogen-bond donors (Lipinski definition) is 1. The molecule has 0 unspecified atom stereocenters. The van der Waals surface area contributed by atoms with Gasteiger partial charge in [-0.2, -0.15) is 8.42 Å². The van der Waals surface area contributed by atoms with Crippen LogP contribution >= 0.6 is 0 Å². The summed E-state index contributed by atoms with van der Waals surface area (Å²) in [5.41, 5.74) is 1.53. The standard InChI is InChI=1S/C7H10N2O3S/c1-6-2-3-9-7(4-6)5-12-13(8,10)11/h2-4H,5H2,1H3,(H2,8,10,11). The van der Waals surface area contributed by atoms with Crippen molar-refractivity contribution in [2.45, 2.75) is 13.5 Å². The van der Waals surface area contributed by atoms with Crippen molar-refractivity contribution in [3.8, 4) is 0 Å². The zero-order valence-electron chi connectivity index (χ0n) is 7.10. The Hall–Kier alpha value is -0.980. The highest BCUT2D eigenvalue weighted by Crippen LogP contribution is 2.02. The van der Waals surface area contributed by atoms with E-state index in [0.717, 1.165) is 5.56 Å². The maximum atomic E-state index is 10.4. The Morgan fingerprint density at radius 3 is 2.85 bits per heavy atom. The van der Waals surface area contributed by atoms with Gasteiger partial charge in [0.2, 0.25) is 0 Å². The number of aromatic nitrogens is 1. The second-order valence-corrected chi connectivity index (χ2v) is 3.80. The molecular weight excluding hydrogens is 192 g/mol. The van der Waals surface area contributed by atoms with E-state index in [4.69, 9.17) is 0 Å². The van der Waals surface area contributed by atoms with Crippen LogP contribution in [0.15, 0.2) is 18.3 Å². The first kappa shape index (κ1) is 10.1. The maximum absolute atomic E-state index is 10.4. The van der Waals surface area contributed by atoms with Crippen LogP contribution in [0.3, 0.4) is 0 Å². The van der Waals surface area contributed by atoms with E-state index < -0.39 is 10.3 Å². The number of nitrogens with two attached hydrogens (primary N) is 1. The van der Waals surface area contributed by atoms with Gasteiger partial charge in [0.1, 0.15) is 6.61 Å². The molecule has 0 atom stereocenters. The molecule has 13 heavy (non-hydrogen) atoms. The van der Waals surface area contributed by atoms with Gasteiger partial charge in [-0.15, -0.1) is 0 Å². The fourth-order valence-electron chi connectivity index (χ4n) is 0.820. The largest absolute Gasteiger partial charge is 0.333 e. The summed E-state index contributed by atoms with van der Waals surface area (Å²) in [4.78, 5) is 3.90. The van der Waals surface area contributed by atoms with Crippen molar-refractivity contribution in [1.29, 1.82) is 0 Å². The third-order valence-corrected chi connectivity index (χ3v) is 1.79. The highest BCUT2D eigenvalue weighted by atomic mass is 32.2. The normalized spacial score (nSPS) is 11.5. The summed E-state index contributed by atoms with van der Waals surface area (Å²) in [6.45, 7) is 1.75. The van der Waals surface area contributed by atoms with E-state index in [1.807, 2.05) is 6.92 Å². The number of hydrogen-bond acceptors (Lipinski definition) is 4. The summed E-state index contributed by atoms with van der Waals surface area (Å²) >= 11 is 0. The van der Waals surface area contributed by atoms with Gasteiger partial charge in [-0.1, -0.05) is 0 Å². The molecule has 0 saturated heterocycles. The minimum Gasteiger partial charge on any atom is -0.259 e. The van der Waals surface area contributed by atoms with Crippen LogP contribution in [0, 0.1) is 6.92 Å². The van der Waals surface area contributed by atoms with Gasteiger partial charge in [0.05, 0.1) is 5.69 Å². The number of pyridine rings is 1. The lowest BCUT2D eigenvalue weighted by Gasteiger charge is -2.00. The van der Waals surface area contributed by atoms with Crippen molar-refractivity contribution in [1.82, 2.24) is 4.98 Å². The number of nitrogens with zero attached hydrogens (tertiary/aromatic N) is 1. The first-order valence-electron chi connectivity index (χ1n) is 3.56. The highest BCUT2D eigenvalue weighted by Gasteiger charge is 2.03. The summed E-state index contributed by atoms with van der Waals surface area (Å²) in [6.07, 6.45) is 1.58. The first-order valence-corrected chi connectivity index (χ1v) is 5.03. The molecule has 6 heteroatoms. The van der Waals surface area contributed by atoms with Crippen molar-refractivity contribution < 1.29 is 12.6 Å². The van der Waals surface area contributed by atoms with Crippen molar-refractivity contribution in [2.24, 2.45) is 5.14 Å². The molecule has 0 aliphatic heterocycles. The predicted molar refractivity (Wildman–Crippen MR) is 46.9 cm³/mol. The van der Waals surface area contributed by atoms with Gasteiger partial charge in [0, 0.05) is 6.20 Å². The smallest absolute Gasteiger partial charge is 0.259 e. The Balaban J connectivity index is 2.65. The van der Waals surface area contributed by atoms with Gasteiger partial charge in [0.25, 0.3) is 0 Å². The van der Waals surface area contributed by atoms with E-state index in [9.17, 15) is 8.42 Å². The molecular formula is C7H10N2O3S. The van der Waals surface area contributed by atoms with Gasteiger partial charge in [-0.05, 0) is 24.6 Å². The first-order chi connectivity index (χ1) is 5.97. The molecule has 0 bridgehead atoms. The molecule has 0 fully saturated rings. The average molecular weight is 202 g/mol. The lowest BCUT2D eigenvalue weighted by Crippen LogP contribution is -2.15. The van der Waals surface area contributed by atoms with Gasteiger partial charge in [-0.3, -0.25) is 9.17 Å². The summed E-state index contributed by atoms with van der Waals surface area (Å²) in [7, 11) is -3.88. The molecule has 2 N–H and O–H groups in total. The van der Waals surface area contributed by atoms with Crippen LogP contribution in [-0.2, 0) is 21.1 Å². The van der Waals surface area contributed by atoms with Crippen LogP contribution in [0.2, 0.25) is 0 Å². The van der Waals surface area contributed by atoms with E-state index in [0.29, 0.717) is 5.69 Å². The van der Waals surface area contributed by atoms with Crippen LogP contribution in [0.5, 0.6) is 0 Å². The summed E-state index contributed by atoms with van der Waals surface area (Å²) in [5, 5.41) is 4.64. The Labute approximate surface area is 76.8 Å². The highest BCUT2D eigenvalue weighted by molar-refractivity contribution is 7.84. The molecule has 0 aliphatic rings. The fourth-order valence-corrected chi connectivity index (χ4v) is 1.11. The molecule has 1 aromatic rings. The van der Waals surface area contributed by atoms with E-state index in [1.54, 1.807) is 18.3 Å². The fraction of sp³-hybridized carbons (Fsp3) is 0.286. The number of rotatable bonds is 3. The lowest BCUT2D eigenvalue weighted by atomic mass is 10.2. The second kappa shape index (κ2) is 3.82. The molecule has 1 heterocycles. The third-order valence-electron chi connectivity index (χ3n) is 1.34. The van der Waals surface area contributed by atoms with E-state index >= 15 is 0 Å². The molecule has 0 saturated carbocycles. The summed E-state index contributed by atoms with van der Waals surface area (Å²) in [6, 6.07) is 3.53. The second-order valence-electron chi connectivity index (χ2n) is 2.58. The van der Waals surface area contributed by atoms with Crippen molar-refractivity contribution in [3.63, 3.8) is 0 Å². The van der Waals surface area contributed by atoms with Crippen LogP contribution in [0.25, 0.3) is 0 Å². The molecule has 0 aromatic carbocycles. The molecule has 1 aromatic heterocycles. The van der Waals surface area contributed by atoms with E-state index in [2.05, 4.69) is 14.3 Å². The monoisotopic (exact) mass is 202 g/mol. The minimum atomic E-state index is -3.88. The van der Waals surface area contributed by atoms with Gasteiger partial charge in [-0.25, -0.2) is 5.14 Å². The van der Waals surface area contributed by atoms with Crippen LogP contribution < -0.4 is 5.14 Å².